The van der Waals surface area contributed by atoms with E-state index in [0.717, 1.165) is 16.0 Å². The summed E-state index contributed by atoms with van der Waals surface area (Å²) in [7, 11) is 0. The highest BCUT2D eigenvalue weighted by Gasteiger charge is 2.23. The molecule has 0 radical (unpaired) electrons. The maximum atomic E-state index is 11.5. The van der Waals surface area contributed by atoms with Gasteiger partial charge in [0, 0.05) is 17.4 Å². The lowest BCUT2D eigenvalue weighted by atomic mass is 10.0. The predicted octanol–water partition coefficient (Wildman–Crippen LogP) is 3.69. The quantitative estimate of drug-likeness (QED) is 0.905. The number of rotatable bonds is 3. The highest BCUT2D eigenvalue weighted by molar-refractivity contribution is 7.17. The Bertz CT molecular complexity index is 671. The molecule has 0 aliphatic heterocycles. The minimum atomic E-state index is -1.03. The molecule has 2 aromatic rings. The molecule has 0 unspecified atom stereocenters. The number of carbonyl (C=O) groups is 2. The SMILES string of the molecule is CC(=O)Nc1sc(C)c(-c2ccc(C)cc2)c1C(=O)O. The molecule has 1 heterocycles. The van der Waals surface area contributed by atoms with Crippen LogP contribution in [0.15, 0.2) is 24.3 Å². The molecule has 1 amide bonds. The first-order valence-electron chi connectivity index (χ1n) is 6.11. The summed E-state index contributed by atoms with van der Waals surface area (Å²) in [6.45, 7) is 5.20. The number of nitrogens with one attached hydrogen (secondary N) is 1. The first-order chi connectivity index (χ1) is 9.40. The lowest BCUT2D eigenvalue weighted by Crippen LogP contribution is -2.09. The van der Waals surface area contributed by atoms with Gasteiger partial charge in [-0.25, -0.2) is 4.79 Å². The van der Waals surface area contributed by atoms with Gasteiger partial charge in [-0.15, -0.1) is 11.3 Å². The van der Waals surface area contributed by atoms with E-state index in [1.807, 2.05) is 38.1 Å². The Hall–Kier alpha value is -2.14. The first-order valence-corrected chi connectivity index (χ1v) is 6.93. The third kappa shape index (κ3) is 2.72. The fourth-order valence-electron chi connectivity index (χ4n) is 2.06. The van der Waals surface area contributed by atoms with Crippen LogP contribution >= 0.6 is 11.3 Å². The number of thiophene rings is 1. The Kier molecular flexibility index (Phi) is 3.90. The van der Waals surface area contributed by atoms with Crippen LogP contribution in [0.1, 0.15) is 27.7 Å². The van der Waals surface area contributed by atoms with Gasteiger partial charge in [0.25, 0.3) is 0 Å². The zero-order valence-corrected chi connectivity index (χ0v) is 12.3. The molecule has 0 spiro atoms. The standard InChI is InChI=1S/C15H15NO3S/c1-8-4-6-11(7-5-8)12-9(2)20-14(16-10(3)17)13(12)15(18)19/h4-7H,1-3H3,(H,16,17)(H,18,19). The number of carboxylic acids is 1. The molecule has 0 saturated heterocycles. The van der Waals surface area contributed by atoms with Crippen LogP contribution in [-0.2, 0) is 4.79 Å². The van der Waals surface area contributed by atoms with Crippen LogP contribution in [0.4, 0.5) is 5.00 Å². The molecule has 2 N–H and O–H groups in total. The lowest BCUT2D eigenvalue weighted by Gasteiger charge is -2.05. The summed E-state index contributed by atoms with van der Waals surface area (Å²) in [5.74, 6) is -1.31. The summed E-state index contributed by atoms with van der Waals surface area (Å²) in [6, 6.07) is 7.68. The monoisotopic (exact) mass is 289 g/mol. The summed E-state index contributed by atoms with van der Waals surface area (Å²) in [5, 5.41) is 12.4. The predicted molar refractivity (Wildman–Crippen MR) is 80.5 cm³/mol. The van der Waals surface area contributed by atoms with Gasteiger partial charge < -0.3 is 10.4 Å². The normalized spacial score (nSPS) is 10.3. The second kappa shape index (κ2) is 5.46. The van der Waals surface area contributed by atoms with E-state index in [2.05, 4.69) is 5.32 Å². The second-order valence-electron chi connectivity index (χ2n) is 4.59. The van der Waals surface area contributed by atoms with Gasteiger partial charge in [-0.3, -0.25) is 4.79 Å². The minimum absolute atomic E-state index is 0.159. The average Bonchev–Trinajstić information content (AvgIpc) is 2.66. The van der Waals surface area contributed by atoms with E-state index in [9.17, 15) is 14.7 Å². The van der Waals surface area contributed by atoms with Gasteiger partial charge in [0.2, 0.25) is 5.91 Å². The van der Waals surface area contributed by atoms with Gasteiger partial charge in [0.15, 0.2) is 0 Å². The number of hydrogen-bond acceptors (Lipinski definition) is 3. The van der Waals surface area contributed by atoms with Crippen molar-refractivity contribution in [2.45, 2.75) is 20.8 Å². The van der Waals surface area contributed by atoms with Crippen molar-refractivity contribution in [3.05, 3.63) is 40.3 Å². The van der Waals surface area contributed by atoms with Crippen molar-refractivity contribution in [3.63, 3.8) is 0 Å². The maximum Gasteiger partial charge on any atom is 0.339 e. The highest BCUT2D eigenvalue weighted by atomic mass is 32.1. The van der Waals surface area contributed by atoms with Gasteiger partial charge in [-0.2, -0.15) is 0 Å². The summed E-state index contributed by atoms with van der Waals surface area (Å²) in [5.41, 5.74) is 2.79. The summed E-state index contributed by atoms with van der Waals surface area (Å²) in [4.78, 5) is 23.6. The van der Waals surface area contributed by atoms with Gasteiger partial charge in [0.1, 0.15) is 10.6 Å². The molecule has 2 rings (SSSR count). The van der Waals surface area contributed by atoms with Gasteiger partial charge >= 0.3 is 5.97 Å². The Morgan fingerprint density at radius 1 is 1.15 bits per heavy atom. The second-order valence-corrected chi connectivity index (χ2v) is 5.81. The van der Waals surface area contributed by atoms with E-state index in [-0.39, 0.29) is 11.5 Å². The number of anilines is 1. The number of aromatic carboxylic acids is 1. The van der Waals surface area contributed by atoms with E-state index in [0.29, 0.717) is 10.6 Å². The molecule has 4 nitrogen and oxygen atoms in total. The van der Waals surface area contributed by atoms with Crippen molar-refractivity contribution >= 4 is 28.2 Å². The molecule has 0 bridgehead atoms. The number of carbonyl (C=O) groups excluding carboxylic acids is 1. The third-order valence-corrected chi connectivity index (χ3v) is 3.95. The molecule has 0 aliphatic carbocycles. The van der Waals surface area contributed by atoms with Crippen LogP contribution < -0.4 is 5.32 Å². The number of carboxylic acid groups (broad SMARTS) is 1. The largest absolute Gasteiger partial charge is 0.478 e. The number of amides is 1. The van der Waals surface area contributed by atoms with Crippen LogP contribution in [-0.4, -0.2) is 17.0 Å². The van der Waals surface area contributed by atoms with E-state index in [1.54, 1.807) is 0 Å². The number of aryl methyl sites for hydroxylation is 2. The molecular weight excluding hydrogens is 274 g/mol. The first kappa shape index (κ1) is 14.3. The average molecular weight is 289 g/mol. The Morgan fingerprint density at radius 3 is 2.25 bits per heavy atom. The van der Waals surface area contributed by atoms with Crippen molar-refractivity contribution in [1.29, 1.82) is 0 Å². The number of hydrogen-bond donors (Lipinski definition) is 2. The third-order valence-electron chi connectivity index (χ3n) is 2.93. The molecule has 0 fully saturated rings. The summed E-state index contributed by atoms with van der Waals surface area (Å²) >= 11 is 1.28. The minimum Gasteiger partial charge on any atom is -0.478 e. The van der Waals surface area contributed by atoms with Crippen molar-refractivity contribution < 1.29 is 14.7 Å². The van der Waals surface area contributed by atoms with Crippen molar-refractivity contribution in [2.75, 3.05) is 5.32 Å². The molecule has 5 heteroatoms. The van der Waals surface area contributed by atoms with Gasteiger partial charge in [0.05, 0.1) is 0 Å². The smallest absolute Gasteiger partial charge is 0.339 e. The molecule has 20 heavy (non-hydrogen) atoms. The molecular formula is C15H15NO3S. The van der Waals surface area contributed by atoms with Crippen LogP contribution in [0.3, 0.4) is 0 Å². The zero-order valence-electron chi connectivity index (χ0n) is 11.5. The van der Waals surface area contributed by atoms with Crippen molar-refractivity contribution in [3.8, 4) is 11.1 Å². The fourth-order valence-corrected chi connectivity index (χ4v) is 3.18. The Labute approximate surface area is 121 Å². The van der Waals surface area contributed by atoms with E-state index < -0.39 is 5.97 Å². The highest BCUT2D eigenvalue weighted by Crippen LogP contribution is 2.39. The maximum absolute atomic E-state index is 11.5. The molecule has 1 aromatic heterocycles. The summed E-state index contributed by atoms with van der Waals surface area (Å²) < 4.78 is 0. The molecule has 0 atom stereocenters. The van der Waals surface area contributed by atoms with E-state index in [1.165, 1.54) is 18.3 Å². The fraction of sp³-hybridized carbons (Fsp3) is 0.200. The lowest BCUT2D eigenvalue weighted by molar-refractivity contribution is -0.114. The molecule has 0 saturated carbocycles. The van der Waals surface area contributed by atoms with Crippen molar-refractivity contribution in [1.82, 2.24) is 0 Å². The van der Waals surface area contributed by atoms with Crippen LogP contribution in [0.2, 0.25) is 0 Å². The molecule has 104 valence electrons. The van der Waals surface area contributed by atoms with Crippen LogP contribution in [0, 0.1) is 13.8 Å². The van der Waals surface area contributed by atoms with Crippen LogP contribution in [0.5, 0.6) is 0 Å². The van der Waals surface area contributed by atoms with Gasteiger partial charge in [-0.1, -0.05) is 29.8 Å². The van der Waals surface area contributed by atoms with E-state index in [4.69, 9.17) is 0 Å². The van der Waals surface area contributed by atoms with Crippen LogP contribution in [0.25, 0.3) is 11.1 Å². The number of benzene rings is 1. The Balaban J connectivity index is 2.62. The van der Waals surface area contributed by atoms with Gasteiger partial charge in [-0.05, 0) is 19.4 Å². The zero-order chi connectivity index (χ0) is 14.9. The topological polar surface area (TPSA) is 66.4 Å². The Morgan fingerprint density at radius 2 is 1.75 bits per heavy atom. The molecule has 0 aliphatic rings. The molecule has 1 aromatic carbocycles. The van der Waals surface area contributed by atoms with E-state index >= 15 is 0 Å². The summed E-state index contributed by atoms with van der Waals surface area (Å²) in [6.07, 6.45) is 0. The van der Waals surface area contributed by atoms with Crippen molar-refractivity contribution in [2.24, 2.45) is 0 Å².